The number of carbonyl (C=O) groups is 2. The minimum atomic E-state index is -0.0987. The van der Waals surface area contributed by atoms with Gasteiger partial charge in [-0.1, -0.05) is 72.3 Å². The Balaban J connectivity index is 1.41. The van der Waals surface area contributed by atoms with Crippen molar-refractivity contribution >= 4 is 23.6 Å². The minimum absolute atomic E-state index is 0.0256. The highest BCUT2D eigenvalue weighted by molar-refractivity contribution is 8.00. The first-order chi connectivity index (χ1) is 14.6. The quantitative estimate of drug-likeness (QED) is 0.634. The molecule has 1 N–H and O–H groups in total. The molecule has 4 rings (SSSR count). The summed E-state index contributed by atoms with van der Waals surface area (Å²) in [5.41, 5.74) is 5.05. The summed E-state index contributed by atoms with van der Waals surface area (Å²) in [6.45, 7) is 3.13. The molecule has 1 saturated heterocycles. The van der Waals surface area contributed by atoms with Gasteiger partial charge in [-0.25, -0.2) is 0 Å². The third-order valence-corrected chi connectivity index (χ3v) is 6.45. The van der Waals surface area contributed by atoms with Crippen LogP contribution in [0.5, 0.6) is 0 Å². The number of aryl methyl sites for hydroxylation is 1. The van der Waals surface area contributed by atoms with Crippen LogP contribution in [0.15, 0.2) is 78.9 Å². The lowest BCUT2D eigenvalue weighted by atomic mass is 10.1. The van der Waals surface area contributed by atoms with Crippen LogP contribution in [0.25, 0.3) is 0 Å². The van der Waals surface area contributed by atoms with Crippen LogP contribution in [0.3, 0.4) is 0 Å². The van der Waals surface area contributed by atoms with E-state index in [1.54, 1.807) is 11.8 Å². The SMILES string of the molecule is Cc1ccc(CNC(=O)c2ccc([C@H]3SCC(=O)N3Cc3ccccc3)cc2)cc1. The first kappa shape index (κ1) is 20.2. The van der Waals surface area contributed by atoms with Crippen LogP contribution < -0.4 is 5.32 Å². The number of amides is 2. The summed E-state index contributed by atoms with van der Waals surface area (Å²) < 4.78 is 0. The van der Waals surface area contributed by atoms with E-state index in [-0.39, 0.29) is 17.2 Å². The Morgan fingerprint density at radius 3 is 2.37 bits per heavy atom. The number of hydrogen-bond donors (Lipinski definition) is 1. The second-order valence-electron chi connectivity index (χ2n) is 7.46. The monoisotopic (exact) mass is 416 g/mol. The van der Waals surface area contributed by atoms with E-state index >= 15 is 0 Å². The van der Waals surface area contributed by atoms with E-state index in [9.17, 15) is 9.59 Å². The predicted molar refractivity (Wildman–Crippen MR) is 121 cm³/mol. The zero-order valence-corrected chi connectivity index (χ0v) is 17.7. The van der Waals surface area contributed by atoms with E-state index in [4.69, 9.17) is 0 Å². The van der Waals surface area contributed by atoms with E-state index in [1.165, 1.54) is 5.56 Å². The molecule has 1 fully saturated rings. The number of nitrogens with one attached hydrogen (secondary N) is 1. The summed E-state index contributed by atoms with van der Waals surface area (Å²) in [5.74, 6) is 0.531. The van der Waals surface area contributed by atoms with E-state index in [0.717, 1.165) is 16.7 Å². The Bertz CT molecular complexity index is 1020. The van der Waals surface area contributed by atoms with Crippen molar-refractivity contribution in [1.29, 1.82) is 0 Å². The van der Waals surface area contributed by atoms with Gasteiger partial charge in [-0.15, -0.1) is 11.8 Å². The third-order valence-electron chi connectivity index (χ3n) is 5.20. The zero-order valence-electron chi connectivity index (χ0n) is 16.9. The summed E-state index contributed by atoms with van der Waals surface area (Å²) in [5, 5.41) is 2.94. The number of carbonyl (C=O) groups excluding carboxylic acids is 2. The van der Waals surface area contributed by atoms with Gasteiger partial charge in [0.1, 0.15) is 5.37 Å². The zero-order chi connectivity index (χ0) is 20.9. The number of thioether (sulfide) groups is 1. The third kappa shape index (κ3) is 4.74. The Labute approximate surface area is 181 Å². The normalized spacial score (nSPS) is 16.0. The molecule has 4 nitrogen and oxygen atoms in total. The van der Waals surface area contributed by atoms with Crippen LogP contribution in [0.4, 0.5) is 0 Å². The standard InChI is InChI=1S/C25H24N2O2S/c1-18-7-9-19(10-8-18)15-26-24(29)21-11-13-22(14-12-21)25-27(23(28)17-30-25)16-20-5-3-2-4-6-20/h2-14,25H,15-17H2,1H3,(H,26,29)/t25-/m1/s1. The minimum Gasteiger partial charge on any atom is -0.348 e. The van der Waals surface area contributed by atoms with Crippen molar-refractivity contribution in [3.8, 4) is 0 Å². The van der Waals surface area contributed by atoms with Crippen molar-refractivity contribution in [3.05, 3.63) is 107 Å². The highest BCUT2D eigenvalue weighted by atomic mass is 32.2. The maximum absolute atomic E-state index is 12.5. The average Bonchev–Trinajstić information content (AvgIpc) is 3.14. The van der Waals surface area contributed by atoms with Crippen LogP contribution >= 0.6 is 11.8 Å². The molecule has 0 unspecified atom stereocenters. The fraction of sp³-hybridized carbons (Fsp3) is 0.200. The van der Waals surface area contributed by atoms with Crippen molar-refractivity contribution in [3.63, 3.8) is 0 Å². The van der Waals surface area contributed by atoms with Crippen LogP contribution in [-0.4, -0.2) is 22.5 Å². The maximum atomic E-state index is 12.5. The van der Waals surface area contributed by atoms with Gasteiger partial charge in [0.15, 0.2) is 0 Å². The van der Waals surface area contributed by atoms with Crippen molar-refractivity contribution in [2.24, 2.45) is 0 Å². The molecule has 30 heavy (non-hydrogen) atoms. The molecule has 0 saturated carbocycles. The van der Waals surface area contributed by atoms with Gasteiger partial charge in [-0.05, 0) is 35.7 Å². The summed E-state index contributed by atoms with van der Waals surface area (Å²) in [6, 6.07) is 25.7. The molecular formula is C25H24N2O2S. The molecule has 0 bridgehead atoms. The lowest BCUT2D eigenvalue weighted by Gasteiger charge is -2.24. The van der Waals surface area contributed by atoms with Gasteiger partial charge in [-0.2, -0.15) is 0 Å². The topological polar surface area (TPSA) is 49.4 Å². The van der Waals surface area contributed by atoms with Crippen molar-refractivity contribution in [2.45, 2.75) is 25.4 Å². The molecule has 1 aliphatic heterocycles. The maximum Gasteiger partial charge on any atom is 0.251 e. The molecule has 2 amide bonds. The van der Waals surface area contributed by atoms with Gasteiger partial charge in [0.05, 0.1) is 5.75 Å². The second kappa shape index (κ2) is 9.18. The molecule has 1 heterocycles. The van der Waals surface area contributed by atoms with Gasteiger partial charge < -0.3 is 10.2 Å². The smallest absolute Gasteiger partial charge is 0.251 e. The van der Waals surface area contributed by atoms with Crippen molar-refractivity contribution < 1.29 is 9.59 Å². The average molecular weight is 417 g/mol. The molecule has 3 aromatic carbocycles. The van der Waals surface area contributed by atoms with E-state index in [2.05, 4.69) is 5.32 Å². The van der Waals surface area contributed by atoms with Gasteiger partial charge in [0.2, 0.25) is 5.91 Å². The Morgan fingerprint density at radius 1 is 0.967 bits per heavy atom. The molecule has 3 aromatic rings. The van der Waals surface area contributed by atoms with Crippen LogP contribution in [0, 0.1) is 6.92 Å². The van der Waals surface area contributed by atoms with Crippen LogP contribution in [0.1, 0.15) is 38.0 Å². The Morgan fingerprint density at radius 2 is 1.67 bits per heavy atom. The summed E-state index contributed by atoms with van der Waals surface area (Å²) in [4.78, 5) is 26.8. The molecule has 0 radical (unpaired) electrons. The molecule has 0 aliphatic carbocycles. The first-order valence-electron chi connectivity index (χ1n) is 9.99. The summed E-state index contributed by atoms with van der Waals surface area (Å²) >= 11 is 1.63. The van der Waals surface area contributed by atoms with Crippen molar-refractivity contribution in [1.82, 2.24) is 10.2 Å². The van der Waals surface area contributed by atoms with Gasteiger partial charge in [0, 0.05) is 18.7 Å². The Kier molecular flexibility index (Phi) is 6.19. The summed E-state index contributed by atoms with van der Waals surface area (Å²) in [7, 11) is 0. The number of benzene rings is 3. The fourth-order valence-electron chi connectivity index (χ4n) is 3.47. The molecule has 0 spiro atoms. The largest absolute Gasteiger partial charge is 0.348 e. The van der Waals surface area contributed by atoms with Crippen LogP contribution in [0.2, 0.25) is 0 Å². The van der Waals surface area contributed by atoms with E-state index in [0.29, 0.717) is 24.4 Å². The van der Waals surface area contributed by atoms with E-state index in [1.807, 2.05) is 90.7 Å². The van der Waals surface area contributed by atoms with Gasteiger partial charge in [-0.3, -0.25) is 9.59 Å². The number of nitrogens with zero attached hydrogens (tertiary/aromatic N) is 1. The lowest BCUT2D eigenvalue weighted by molar-refractivity contribution is -0.128. The number of rotatable bonds is 6. The lowest BCUT2D eigenvalue weighted by Crippen LogP contribution is -2.27. The second-order valence-corrected chi connectivity index (χ2v) is 8.53. The fourth-order valence-corrected chi connectivity index (χ4v) is 4.66. The van der Waals surface area contributed by atoms with Gasteiger partial charge >= 0.3 is 0 Å². The first-order valence-corrected chi connectivity index (χ1v) is 11.0. The number of hydrogen-bond acceptors (Lipinski definition) is 3. The molecule has 1 atom stereocenters. The molecule has 152 valence electrons. The van der Waals surface area contributed by atoms with Crippen LogP contribution in [-0.2, 0) is 17.9 Å². The molecular weight excluding hydrogens is 392 g/mol. The summed E-state index contributed by atoms with van der Waals surface area (Å²) in [6.07, 6.45) is 0. The highest BCUT2D eigenvalue weighted by Crippen LogP contribution is 2.39. The Hall–Kier alpha value is -3.05. The highest BCUT2D eigenvalue weighted by Gasteiger charge is 2.32. The van der Waals surface area contributed by atoms with Crippen molar-refractivity contribution in [2.75, 3.05) is 5.75 Å². The molecule has 1 aliphatic rings. The molecule has 0 aromatic heterocycles. The van der Waals surface area contributed by atoms with E-state index < -0.39 is 0 Å². The predicted octanol–water partition coefficient (Wildman–Crippen LogP) is 4.70. The molecule has 5 heteroatoms. The van der Waals surface area contributed by atoms with Gasteiger partial charge in [0.25, 0.3) is 5.91 Å².